The molecule has 2 nitrogen and oxygen atoms in total. The van der Waals surface area contributed by atoms with E-state index in [9.17, 15) is 4.79 Å². The highest BCUT2D eigenvalue weighted by atomic mass is 32.1. The molecule has 0 aliphatic heterocycles. The normalized spacial score (nSPS) is 10.4. The van der Waals surface area contributed by atoms with Gasteiger partial charge in [-0.25, -0.2) is 4.98 Å². The van der Waals surface area contributed by atoms with E-state index < -0.39 is 0 Å². The Morgan fingerprint density at radius 2 is 1.55 bits per heavy atom. The lowest BCUT2D eigenvalue weighted by Gasteiger charge is -1.97. The second-order valence-electron chi connectivity index (χ2n) is 4.48. The van der Waals surface area contributed by atoms with Crippen LogP contribution in [0.3, 0.4) is 0 Å². The molecule has 0 aliphatic carbocycles. The van der Waals surface area contributed by atoms with Gasteiger partial charge in [-0.15, -0.1) is 11.3 Å². The van der Waals surface area contributed by atoms with Crippen LogP contribution in [0.15, 0.2) is 60.7 Å². The first-order valence-corrected chi connectivity index (χ1v) is 7.20. The number of carbonyl (C=O) groups excluding carboxylic acids is 1. The molecule has 0 saturated carbocycles. The van der Waals surface area contributed by atoms with Gasteiger partial charge in [0.15, 0.2) is 5.01 Å². The van der Waals surface area contributed by atoms with Gasteiger partial charge in [0.2, 0.25) is 5.78 Å². The molecule has 0 aliphatic rings. The Bertz CT molecular complexity index is 732. The molecule has 0 spiro atoms. The SMILES string of the molecule is Cc1sc(C(=O)c2ccccc2)nc1-c1ccccc1. The highest BCUT2D eigenvalue weighted by Crippen LogP contribution is 2.28. The van der Waals surface area contributed by atoms with Gasteiger partial charge in [0, 0.05) is 16.0 Å². The van der Waals surface area contributed by atoms with Crippen LogP contribution < -0.4 is 0 Å². The molecule has 0 bridgehead atoms. The third-order valence-electron chi connectivity index (χ3n) is 3.07. The van der Waals surface area contributed by atoms with Crippen molar-refractivity contribution in [2.24, 2.45) is 0 Å². The highest BCUT2D eigenvalue weighted by Gasteiger charge is 2.16. The third kappa shape index (κ3) is 2.40. The molecule has 2 aromatic carbocycles. The van der Waals surface area contributed by atoms with Crippen molar-refractivity contribution < 1.29 is 4.79 Å². The molecule has 0 saturated heterocycles. The molecule has 3 rings (SSSR count). The van der Waals surface area contributed by atoms with Crippen molar-refractivity contribution in [1.29, 1.82) is 0 Å². The lowest BCUT2D eigenvalue weighted by Crippen LogP contribution is -1.99. The number of aromatic nitrogens is 1. The number of nitrogens with zero attached hydrogens (tertiary/aromatic N) is 1. The highest BCUT2D eigenvalue weighted by molar-refractivity contribution is 7.14. The molecular formula is C17H13NOS. The summed E-state index contributed by atoms with van der Waals surface area (Å²) >= 11 is 1.45. The van der Waals surface area contributed by atoms with Crippen molar-refractivity contribution in [2.45, 2.75) is 6.92 Å². The minimum absolute atomic E-state index is 0.0131. The minimum Gasteiger partial charge on any atom is -0.286 e. The summed E-state index contributed by atoms with van der Waals surface area (Å²) < 4.78 is 0. The predicted octanol–water partition coefficient (Wildman–Crippen LogP) is 4.35. The van der Waals surface area contributed by atoms with Gasteiger partial charge in [-0.05, 0) is 6.92 Å². The topological polar surface area (TPSA) is 30.0 Å². The summed E-state index contributed by atoms with van der Waals surface area (Å²) in [5.74, 6) is -0.0131. The maximum atomic E-state index is 12.4. The Hall–Kier alpha value is -2.26. The Morgan fingerprint density at radius 1 is 0.950 bits per heavy atom. The molecule has 0 atom stereocenters. The van der Waals surface area contributed by atoms with Gasteiger partial charge in [-0.3, -0.25) is 4.79 Å². The summed E-state index contributed by atoms with van der Waals surface area (Å²) in [6.07, 6.45) is 0. The number of ketones is 1. The van der Waals surface area contributed by atoms with Crippen LogP contribution in [0.2, 0.25) is 0 Å². The molecule has 1 heterocycles. The molecule has 98 valence electrons. The zero-order valence-electron chi connectivity index (χ0n) is 11.0. The fourth-order valence-electron chi connectivity index (χ4n) is 2.07. The maximum absolute atomic E-state index is 12.4. The van der Waals surface area contributed by atoms with Gasteiger partial charge in [-0.1, -0.05) is 60.7 Å². The van der Waals surface area contributed by atoms with E-state index in [0.29, 0.717) is 10.6 Å². The molecule has 0 unspecified atom stereocenters. The third-order valence-corrected chi connectivity index (χ3v) is 4.04. The average Bonchev–Trinajstić information content (AvgIpc) is 2.90. The van der Waals surface area contributed by atoms with E-state index in [4.69, 9.17) is 0 Å². The van der Waals surface area contributed by atoms with E-state index in [2.05, 4.69) is 4.98 Å². The lowest BCUT2D eigenvalue weighted by atomic mass is 10.1. The number of hydrogen-bond acceptors (Lipinski definition) is 3. The summed E-state index contributed by atoms with van der Waals surface area (Å²) in [5.41, 5.74) is 2.63. The van der Waals surface area contributed by atoms with E-state index in [1.165, 1.54) is 11.3 Å². The monoisotopic (exact) mass is 279 g/mol. The quantitative estimate of drug-likeness (QED) is 0.667. The standard InChI is InChI=1S/C17H13NOS/c1-12-15(13-8-4-2-5-9-13)18-17(20-12)16(19)14-10-6-3-7-11-14/h2-11H,1H3. The van der Waals surface area contributed by atoms with Crippen molar-refractivity contribution in [3.05, 3.63) is 76.1 Å². The van der Waals surface area contributed by atoms with Crippen LogP contribution >= 0.6 is 11.3 Å². The number of thiazole rings is 1. The molecule has 3 heteroatoms. The van der Waals surface area contributed by atoms with Crippen LogP contribution in [0.1, 0.15) is 20.2 Å². The fraction of sp³-hybridized carbons (Fsp3) is 0.0588. The molecule has 0 fully saturated rings. The van der Waals surface area contributed by atoms with Gasteiger partial charge in [0.05, 0.1) is 5.69 Å². The Balaban J connectivity index is 2.00. The van der Waals surface area contributed by atoms with Crippen LogP contribution in [0.25, 0.3) is 11.3 Å². The van der Waals surface area contributed by atoms with Crippen LogP contribution in [-0.4, -0.2) is 10.8 Å². The summed E-state index contributed by atoms with van der Waals surface area (Å²) in [5, 5.41) is 0.549. The fourth-order valence-corrected chi connectivity index (χ4v) is 2.97. The molecule has 1 aromatic heterocycles. The molecule has 0 radical (unpaired) electrons. The Kier molecular flexibility index (Phi) is 3.44. The summed E-state index contributed by atoms with van der Waals surface area (Å²) in [6, 6.07) is 19.2. The first kappa shape index (κ1) is 12.8. The smallest absolute Gasteiger partial charge is 0.221 e. The minimum atomic E-state index is -0.0131. The first-order valence-electron chi connectivity index (χ1n) is 6.38. The molecule has 0 amide bonds. The van der Waals surface area contributed by atoms with Crippen LogP contribution in [-0.2, 0) is 0 Å². The molecule has 3 aromatic rings. The van der Waals surface area contributed by atoms with Gasteiger partial charge in [0.1, 0.15) is 0 Å². The summed E-state index contributed by atoms with van der Waals surface area (Å²) in [6.45, 7) is 2.00. The van der Waals surface area contributed by atoms with E-state index >= 15 is 0 Å². The first-order chi connectivity index (χ1) is 9.75. The van der Waals surface area contributed by atoms with E-state index in [-0.39, 0.29) is 5.78 Å². The predicted molar refractivity (Wildman–Crippen MR) is 82.2 cm³/mol. The van der Waals surface area contributed by atoms with Crippen LogP contribution in [0.5, 0.6) is 0 Å². The number of hydrogen-bond donors (Lipinski definition) is 0. The zero-order chi connectivity index (χ0) is 13.9. The van der Waals surface area contributed by atoms with Crippen molar-refractivity contribution in [3.8, 4) is 11.3 Å². The number of benzene rings is 2. The zero-order valence-corrected chi connectivity index (χ0v) is 11.9. The van der Waals surface area contributed by atoms with Crippen molar-refractivity contribution in [1.82, 2.24) is 4.98 Å². The van der Waals surface area contributed by atoms with Gasteiger partial charge >= 0.3 is 0 Å². The lowest BCUT2D eigenvalue weighted by molar-refractivity contribution is 0.103. The summed E-state index contributed by atoms with van der Waals surface area (Å²) in [4.78, 5) is 18.0. The maximum Gasteiger partial charge on any atom is 0.221 e. The van der Waals surface area contributed by atoms with E-state index in [0.717, 1.165) is 16.1 Å². The second kappa shape index (κ2) is 5.39. The van der Waals surface area contributed by atoms with E-state index in [1.807, 2.05) is 67.6 Å². The summed E-state index contributed by atoms with van der Waals surface area (Å²) in [7, 11) is 0. The van der Waals surface area contributed by atoms with Gasteiger partial charge in [-0.2, -0.15) is 0 Å². The molecule has 20 heavy (non-hydrogen) atoms. The van der Waals surface area contributed by atoms with Crippen molar-refractivity contribution in [3.63, 3.8) is 0 Å². The second-order valence-corrected chi connectivity index (χ2v) is 5.69. The number of carbonyl (C=O) groups is 1. The van der Waals surface area contributed by atoms with Crippen LogP contribution in [0.4, 0.5) is 0 Å². The Morgan fingerprint density at radius 3 is 2.20 bits per heavy atom. The number of aryl methyl sites for hydroxylation is 1. The van der Waals surface area contributed by atoms with Gasteiger partial charge in [0.25, 0.3) is 0 Å². The molecule has 0 N–H and O–H groups in total. The Labute approximate surface area is 121 Å². The average molecular weight is 279 g/mol. The van der Waals surface area contributed by atoms with Crippen molar-refractivity contribution >= 4 is 17.1 Å². The molecular weight excluding hydrogens is 266 g/mol. The largest absolute Gasteiger partial charge is 0.286 e. The van der Waals surface area contributed by atoms with E-state index in [1.54, 1.807) is 0 Å². The van der Waals surface area contributed by atoms with Crippen molar-refractivity contribution in [2.75, 3.05) is 0 Å². The van der Waals surface area contributed by atoms with Gasteiger partial charge < -0.3 is 0 Å². The van der Waals surface area contributed by atoms with Crippen LogP contribution in [0, 0.1) is 6.92 Å². The number of rotatable bonds is 3.